The number of benzene rings is 1. The highest BCUT2D eigenvalue weighted by Crippen LogP contribution is 2.26. The Bertz CT molecular complexity index is 601. The first-order valence-electron chi connectivity index (χ1n) is 5.81. The van der Waals surface area contributed by atoms with Gasteiger partial charge in [-0.1, -0.05) is 12.1 Å². The number of hydrogen-bond donors (Lipinski definition) is 2. The third-order valence-corrected chi connectivity index (χ3v) is 2.67. The summed E-state index contributed by atoms with van der Waals surface area (Å²) in [6.45, 7) is 0. The molecule has 0 spiro atoms. The van der Waals surface area contributed by atoms with Crippen molar-refractivity contribution in [1.29, 1.82) is 0 Å². The summed E-state index contributed by atoms with van der Waals surface area (Å²) < 4.78 is 53.1. The molecule has 112 valence electrons. The molecule has 1 heterocycles. The van der Waals surface area contributed by atoms with Crippen molar-refractivity contribution in [2.45, 2.75) is 12.4 Å². The molecule has 8 heteroatoms. The van der Waals surface area contributed by atoms with Gasteiger partial charge in [0.1, 0.15) is 11.6 Å². The molecular weight excluding hydrogens is 290 g/mol. The smallest absolute Gasteiger partial charge is 0.406 e. The molecule has 2 aromatic rings. The molecule has 3 N–H and O–H groups in total. The molecule has 1 atom stereocenters. The van der Waals surface area contributed by atoms with Crippen LogP contribution in [0.4, 0.5) is 17.6 Å². The molecule has 0 saturated carbocycles. The van der Waals surface area contributed by atoms with Gasteiger partial charge < -0.3 is 4.74 Å². The SMILES string of the molecule is NNC(c1ccc(OC(F)(F)F)cc1)c1cncc(F)c1. The molecule has 0 bridgehead atoms. The number of hydrogen-bond acceptors (Lipinski definition) is 4. The highest BCUT2D eigenvalue weighted by Gasteiger charge is 2.31. The van der Waals surface area contributed by atoms with Gasteiger partial charge in [-0.3, -0.25) is 10.8 Å². The predicted molar refractivity (Wildman–Crippen MR) is 66.5 cm³/mol. The number of nitrogens with zero attached hydrogens (tertiary/aromatic N) is 1. The zero-order chi connectivity index (χ0) is 15.5. The van der Waals surface area contributed by atoms with Crippen LogP contribution in [-0.2, 0) is 0 Å². The van der Waals surface area contributed by atoms with Gasteiger partial charge in [0.2, 0.25) is 0 Å². The number of rotatable bonds is 4. The van der Waals surface area contributed by atoms with Crippen LogP contribution < -0.4 is 16.0 Å². The van der Waals surface area contributed by atoms with E-state index in [-0.39, 0.29) is 5.75 Å². The van der Waals surface area contributed by atoms with E-state index in [0.717, 1.165) is 18.3 Å². The van der Waals surface area contributed by atoms with Crippen molar-refractivity contribution < 1.29 is 22.3 Å². The average Bonchev–Trinajstić information content (AvgIpc) is 2.40. The van der Waals surface area contributed by atoms with E-state index in [1.54, 1.807) is 0 Å². The normalized spacial score (nSPS) is 13.0. The van der Waals surface area contributed by atoms with Gasteiger partial charge in [0, 0.05) is 6.20 Å². The summed E-state index contributed by atoms with van der Waals surface area (Å²) in [5.74, 6) is 4.53. The van der Waals surface area contributed by atoms with Crippen molar-refractivity contribution in [1.82, 2.24) is 10.4 Å². The summed E-state index contributed by atoms with van der Waals surface area (Å²) in [6.07, 6.45) is -2.30. The van der Waals surface area contributed by atoms with E-state index in [1.165, 1.54) is 24.4 Å². The van der Waals surface area contributed by atoms with Gasteiger partial charge in [0.25, 0.3) is 0 Å². The van der Waals surface area contributed by atoms with Crippen molar-refractivity contribution in [3.8, 4) is 5.75 Å². The number of aromatic nitrogens is 1. The number of nitrogens with one attached hydrogen (secondary N) is 1. The van der Waals surface area contributed by atoms with Crippen LogP contribution in [0.5, 0.6) is 5.75 Å². The molecule has 0 aliphatic rings. The maximum Gasteiger partial charge on any atom is 0.573 e. The molecule has 1 aromatic heterocycles. The lowest BCUT2D eigenvalue weighted by molar-refractivity contribution is -0.274. The predicted octanol–water partition coefficient (Wildman–Crippen LogP) is 2.67. The summed E-state index contributed by atoms with van der Waals surface area (Å²) in [7, 11) is 0. The topological polar surface area (TPSA) is 60.2 Å². The molecule has 1 unspecified atom stereocenters. The van der Waals surface area contributed by atoms with Gasteiger partial charge in [0.05, 0.1) is 12.2 Å². The van der Waals surface area contributed by atoms with Gasteiger partial charge in [-0.2, -0.15) is 0 Å². The lowest BCUT2D eigenvalue weighted by atomic mass is 10.0. The maximum absolute atomic E-state index is 13.2. The molecule has 0 radical (unpaired) electrons. The van der Waals surface area contributed by atoms with E-state index in [0.29, 0.717) is 11.1 Å². The largest absolute Gasteiger partial charge is 0.573 e. The van der Waals surface area contributed by atoms with Crippen LogP contribution in [0.1, 0.15) is 17.2 Å². The zero-order valence-corrected chi connectivity index (χ0v) is 10.6. The highest BCUT2D eigenvalue weighted by molar-refractivity contribution is 5.34. The van der Waals surface area contributed by atoms with Crippen LogP contribution in [0.2, 0.25) is 0 Å². The van der Waals surface area contributed by atoms with Gasteiger partial charge in [-0.15, -0.1) is 13.2 Å². The van der Waals surface area contributed by atoms with E-state index >= 15 is 0 Å². The highest BCUT2D eigenvalue weighted by atomic mass is 19.4. The van der Waals surface area contributed by atoms with E-state index < -0.39 is 18.2 Å². The fourth-order valence-corrected chi connectivity index (χ4v) is 1.83. The van der Waals surface area contributed by atoms with Crippen LogP contribution in [0.25, 0.3) is 0 Å². The summed E-state index contributed by atoms with van der Waals surface area (Å²) >= 11 is 0. The summed E-state index contributed by atoms with van der Waals surface area (Å²) in [6, 6.07) is 5.73. The number of alkyl halides is 3. The Hall–Kier alpha value is -2.19. The number of nitrogens with two attached hydrogens (primary N) is 1. The van der Waals surface area contributed by atoms with Gasteiger partial charge >= 0.3 is 6.36 Å². The molecular formula is C13H11F4N3O. The van der Waals surface area contributed by atoms with Crippen LogP contribution in [0, 0.1) is 5.82 Å². The molecule has 4 nitrogen and oxygen atoms in total. The second-order valence-electron chi connectivity index (χ2n) is 4.15. The number of hydrazine groups is 1. The van der Waals surface area contributed by atoms with E-state index in [2.05, 4.69) is 15.1 Å². The molecule has 1 aromatic carbocycles. The Labute approximate surface area is 117 Å². The Balaban J connectivity index is 2.23. The molecule has 21 heavy (non-hydrogen) atoms. The fourth-order valence-electron chi connectivity index (χ4n) is 1.83. The summed E-state index contributed by atoms with van der Waals surface area (Å²) in [5, 5.41) is 0. The second kappa shape index (κ2) is 6.06. The number of halogens is 4. The van der Waals surface area contributed by atoms with Gasteiger partial charge in [-0.05, 0) is 29.3 Å². The van der Waals surface area contributed by atoms with Crippen molar-refractivity contribution >= 4 is 0 Å². The Morgan fingerprint density at radius 2 is 1.76 bits per heavy atom. The first kappa shape index (κ1) is 15.2. The first-order chi connectivity index (χ1) is 9.89. The third-order valence-electron chi connectivity index (χ3n) is 2.67. The molecule has 0 aliphatic carbocycles. The minimum atomic E-state index is -4.75. The van der Waals surface area contributed by atoms with E-state index in [4.69, 9.17) is 5.84 Å². The van der Waals surface area contributed by atoms with Crippen molar-refractivity contribution in [2.24, 2.45) is 5.84 Å². The van der Waals surface area contributed by atoms with Crippen LogP contribution in [0.15, 0.2) is 42.7 Å². The Kier molecular flexibility index (Phi) is 4.39. The van der Waals surface area contributed by atoms with Crippen molar-refractivity contribution in [2.75, 3.05) is 0 Å². The Morgan fingerprint density at radius 1 is 1.10 bits per heavy atom. The molecule has 0 amide bonds. The van der Waals surface area contributed by atoms with E-state index in [9.17, 15) is 17.6 Å². The molecule has 2 rings (SSSR count). The molecule has 0 fully saturated rings. The van der Waals surface area contributed by atoms with E-state index in [1.807, 2.05) is 0 Å². The minimum Gasteiger partial charge on any atom is -0.406 e. The average molecular weight is 301 g/mol. The summed E-state index contributed by atoms with van der Waals surface area (Å²) in [4.78, 5) is 3.70. The standard InChI is InChI=1S/C13H11F4N3O/c14-10-5-9(6-19-7-10)12(20-18)8-1-3-11(4-2-8)21-13(15,16)17/h1-7,12,20H,18H2. The second-order valence-corrected chi connectivity index (χ2v) is 4.15. The third kappa shape index (κ3) is 4.14. The monoisotopic (exact) mass is 301 g/mol. The fraction of sp³-hybridized carbons (Fsp3) is 0.154. The van der Waals surface area contributed by atoms with Crippen molar-refractivity contribution in [3.05, 3.63) is 59.7 Å². The zero-order valence-electron chi connectivity index (χ0n) is 10.6. The van der Waals surface area contributed by atoms with Gasteiger partial charge in [-0.25, -0.2) is 9.82 Å². The lowest BCUT2D eigenvalue weighted by Crippen LogP contribution is -2.29. The number of pyridine rings is 1. The quantitative estimate of drug-likeness (QED) is 0.518. The summed E-state index contributed by atoms with van der Waals surface area (Å²) in [5.41, 5.74) is 3.45. The minimum absolute atomic E-state index is 0.348. The van der Waals surface area contributed by atoms with Crippen LogP contribution in [-0.4, -0.2) is 11.3 Å². The van der Waals surface area contributed by atoms with Crippen LogP contribution in [0.3, 0.4) is 0 Å². The molecule has 0 aliphatic heterocycles. The molecule has 0 saturated heterocycles. The first-order valence-corrected chi connectivity index (χ1v) is 5.81. The van der Waals surface area contributed by atoms with Gasteiger partial charge in [0.15, 0.2) is 0 Å². The Morgan fingerprint density at radius 3 is 2.29 bits per heavy atom. The maximum atomic E-state index is 13.2. The van der Waals surface area contributed by atoms with Crippen molar-refractivity contribution in [3.63, 3.8) is 0 Å². The number of ether oxygens (including phenoxy) is 1. The van der Waals surface area contributed by atoms with Crippen LogP contribution >= 0.6 is 0 Å². The lowest BCUT2D eigenvalue weighted by Gasteiger charge is -2.17.